The number of morpholine rings is 1. The first-order chi connectivity index (χ1) is 11.3. The van der Waals surface area contributed by atoms with Gasteiger partial charge >= 0.3 is 0 Å². The molecule has 5 nitrogen and oxygen atoms in total. The number of rotatable bonds is 4. The van der Waals surface area contributed by atoms with E-state index in [0.29, 0.717) is 31.9 Å². The largest absolute Gasteiger partial charge is 0.379 e. The number of carbonyl (C=O) groups excluding carboxylic acids is 1. The van der Waals surface area contributed by atoms with Crippen LogP contribution >= 0.6 is 24.8 Å². The molecule has 0 radical (unpaired) electrons. The predicted molar refractivity (Wildman–Crippen MR) is 100 cm³/mol. The molecule has 8 heteroatoms. The van der Waals surface area contributed by atoms with Crippen LogP contribution in [0.3, 0.4) is 0 Å². The van der Waals surface area contributed by atoms with Gasteiger partial charge in [0.1, 0.15) is 11.9 Å². The number of piperidine rings is 1. The van der Waals surface area contributed by atoms with Crippen LogP contribution in [0.5, 0.6) is 0 Å². The van der Waals surface area contributed by atoms with Crippen molar-refractivity contribution >= 4 is 30.7 Å². The van der Waals surface area contributed by atoms with Gasteiger partial charge in [-0.25, -0.2) is 4.39 Å². The molecule has 1 aromatic rings. The Hall–Kier alpha value is -0.920. The quantitative estimate of drug-likeness (QED) is 0.820. The summed E-state index contributed by atoms with van der Waals surface area (Å²) in [6.07, 6.45) is 2.01. The molecule has 0 aliphatic carbocycles. The van der Waals surface area contributed by atoms with E-state index in [1.807, 2.05) is 4.90 Å². The molecule has 0 bridgehead atoms. The van der Waals surface area contributed by atoms with Crippen LogP contribution in [0, 0.1) is 5.82 Å². The van der Waals surface area contributed by atoms with Crippen molar-refractivity contribution < 1.29 is 13.9 Å². The molecule has 1 aromatic carbocycles. The van der Waals surface area contributed by atoms with Gasteiger partial charge in [-0.15, -0.1) is 24.8 Å². The molecule has 0 spiro atoms. The maximum absolute atomic E-state index is 14.3. The standard InChI is InChI=1S/C17H24FN3O2.2ClH/c18-15-6-2-1-5-14(15)16(21-8-10-23-11-9-21)17(22)20-13-4-3-7-19-12-13;;/h1-2,5-6,13,16,19H,3-4,7-12H2,(H,20,22);2*1H. The minimum Gasteiger partial charge on any atom is -0.379 e. The van der Waals surface area contributed by atoms with Gasteiger partial charge in [0.15, 0.2) is 0 Å². The van der Waals surface area contributed by atoms with E-state index in [-0.39, 0.29) is 42.6 Å². The molecule has 0 aromatic heterocycles. The Morgan fingerprint density at radius 2 is 2.00 bits per heavy atom. The highest BCUT2D eigenvalue weighted by Gasteiger charge is 2.32. The Balaban J connectivity index is 0.00000156. The predicted octanol–water partition coefficient (Wildman–Crippen LogP) is 1.91. The van der Waals surface area contributed by atoms with Crippen molar-refractivity contribution in [3.8, 4) is 0 Å². The van der Waals surface area contributed by atoms with E-state index in [9.17, 15) is 9.18 Å². The van der Waals surface area contributed by atoms with Gasteiger partial charge in [0.25, 0.3) is 0 Å². The van der Waals surface area contributed by atoms with Gasteiger partial charge in [-0.2, -0.15) is 0 Å². The van der Waals surface area contributed by atoms with Gasteiger partial charge in [0, 0.05) is 31.2 Å². The Kier molecular flexibility index (Phi) is 9.67. The van der Waals surface area contributed by atoms with Crippen molar-refractivity contribution in [2.75, 3.05) is 39.4 Å². The average molecular weight is 394 g/mol. The van der Waals surface area contributed by atoms with E-state index in [1.165, 1.54) is 6.07 Å². The number of nitrogens with one attached hydrogen (secondary N) is 2. The zero-order valence-corrected chi connectivity index (χ0v) is 15.7. The molecule has 2 atom stereocenters. The SMILES string of the molecule is Cl.Cl.O=C(NC1CCCNC1)C(c1ccccc1F)N1CCOCC1. The van der Waals surface area contributed by atoms with Crippen LogP contribution in [0.25, 0.3) is 0 Å². The summed E-state index contributed by atoms with van der Waals surface area (Å²) >= 11 is 0. The normalized spacial score (nSPS) is 22.2. The lowest BCUT2D eigenvalue weighted by Crippen LogP contribution is -2.51. The lowest BCUT2D eigenvalue weighted by atomic mass is 10.0. The lowest BCUT2D eigenvalue weighted by Gasteiger charge is -2.35. The number of hydrogen-bond acceptors (Lipinski definition) is 4. The first kappa shape index (κ1) is 22.1. The number of halogens is 3. The Bertz CT molecular complexity index is 538. The maximum Gasteiger partial charge on any atom is 0.242 e. The third-order valence-electron chi connectivity index (χ3n) is 4.50. The molecule has 2 unspecified atom stereocenters. The molecule has 25 heavy (non-hydrogen) atoms. The van der Waals surface area contributed by atoms with Crippen LogP contribution < -0.4 is 10.6 Å². The van der Waals surface area contributed by atoms with Crippen molar-refractivity contribution in [1.82, 2.24) is 15.5 Å². The fourth-order valence-corrected chi connectivity index (χ4v) is 3.29. The number of nitrogens with zero attached hydrogens (tertiary/aromatic N) is 1. The smallest absolute Gasteiger partial charge is 0.242 e. The minimum absolute atomic E-state index is 0. The number of amides is 1. The van der Waals surface area contributed by atoms with Crippen LogP contribution in [0.4, 0.5) is 4.39 Å². The van der Waals surface area contributed by atoms with Gasteiger partial charge < -0.3 is 15.4 Å². The Labute approximate surface area is 160 Å². The second-order valence-electron chi connectivity index (χ2n) is 6.12. The van der Waals surface area contributed by atoms with Crippen LogP contribution in [0.1, 0.15) is 24.4 Å². The molecule has 0 saturated carbocycles. The number of ether oxygens (including phenoxy) is 1. The third-order valence-corrected chi connectivity index (χ3v) is 4.50. The zero-order chi connectivity index (χ0) is 16.1. The van der Waals surface area contributed by atoms with Crippen molar-refractivity contribution in [1.29, 1.82) is 0 Å². The first-order valence-electron chi connectivity index (χ1n) is 8.33. The molecule has 2 aliphatic heterocycles. The summed E-state index contributed by atoms with van der Waals surface area (Å²) in [5.41, 5.74) is 0.440. The minimum atomic E-state index is -0.595. The van der Waals surface area contributed by atoms with E-state index in [0.717, 1.165) is 25.9 Å². The molecule has 2 aliphatic rings. The summed E-state index contributed by atoms with van der Waals surface area (Å²) in [4.78, 5) is 14.9. The van der Waals surface area contributed by atoms with E-state index >= 15 is 0 Å². The van der Waals surface area contributed by atoms with Crippen LogP contribution in [0.2, 0.25) is 0 Å². The molecule has 2 saturated heterocycles. The average Bonchev–Trinajstić information content (AvgIpc) is 2.59. The second-order valence-corrected chi connectivity index (χ2v) is 6.12. The van der Waals surface area contributed by atoms with Crippen molar-refractivity contribution in [3.05, 3.63) is 35.6 Å². The van der Waals surface area contributed by atoms with Crippen LogP contribution in [-0.4, -0.2) is 56.2 Å². The highest BCUT2D eigenvalue weighted by atomic mass is 35.5. The molecule has 142 valence electrons. The molecule has 2 fully saturated rings. The fraction of sp³-hybridized carbons (Fsp3) is 0.588. The molecular formula is C17H26Cl2FN3O2. The monoisotopic (exact) mass is 393 g/mol. The van der Waals surface area contributed by atoms with Gasteiger partial charge in [-0.1, -0.05) is 18.2 Å². The topological polar surface area (TPSA) is 53.6 Å². The van der Waals surface area contributed by atoms with Gasteiger partial charge in [-0.05, 0) is 25.5 Å². The van der Waals surface area contributed by atoms with Crippen LogP contribution in [0.15, 0.2) is 24.3 Å². The van der Waals surface area contributed by atoms with Gasteiger partial charge in [0.05, 0.1) is 13.2 Å². The summed E-state index contributed by atoms with van der Waals surface area (Å²) in [6.45, 7) is 4.18. The third kappa shape index (κ3) is 5.79. The summed E-state index contributed by atoms with van der Waals surface area (Å²) in [7, 11) is 0. The Morgan fingerprint density at radius 3 is 2.64 bits per heavy atom. The van der Waals surface area contributed by atoms with Crippen molar-refractivity contribution in [2.45, 2.75) is 24.9 Å². The number of carbonyl (C=O) groups is 1. The fourth-order valence-electron chi connectivity index (χ4n) is 3.29. The zero-order valence-electron chi connectivity index (χ0n) is 14.1. The molecule has 3 rings (SSSR count). The van der Waals surface area contributed by atoms with E-state index < -0.39 is 6.04 Å². The number of hydrogen-bond donors (Lipinski definition) is 2. The highest BCUT2D eigenvalue weighted by molar-refractivity contribution is 5.85. The van der Waals surface area contributed by atoms with Gasteiger partial charge in [0.2, 0.25) is 5.91 Å². The summed E-state index contributed by atoms with van der Waals surface area (Å²) in [5, 5.41) is 6.38. The molecule has 2 heterocycles. The molecule has 2 N–H and O–H groups in total. The van der Waals surface area contributed by atoms with E-state index in [1.54, 1.807) is 18.2 Å². The molecule has 1 amide bonds. The molecular weight excluding hydrogens is 368 g/mol. The summed E-state index contributed by atoms with van der Waals surface area (Å²) < 4.78 is 19.7. The lowest BCUT2D eigenvalue weighted by molar-refractivity contribution is -0.129. The summed E-state index contributed by atoms with van der Waals surface area (Å²) in [5.74, 6) is -0.452. The van der Waals surface area contributed by atoms with E-state index in [4.69, 9.17) is 4.74 Å². The van der Waals surface area contributed by atoms with E-state index in [2.05, 4.69) is 10.6 Å². The summed E-state index contributed by atoms with van der Waals surface area (Å²) in [6, 6.07) is 6.07. The maximum atomic E-state index is 14.3. The first-order valence-corrected chi connectivity index (χ1v) is 8.33. The number of benzene rings is 1. The second kappa shape index (κ2) is 10.9. The highest BCUT2D eigenvalue weighted by Crippen LogP contribution is 2.25. The Morgan fingerprint density at radius 1 is 1.28 bits per heavy atom. The van der Waals surface area contributed by atoms with Crippen LogP contribution in [-0.2, 0) is 9.53 Å². The van der Waals surface area contributed by atoms with Crippen molar-refractivity contribution in [3.63, 3.8) is 0 Å². The van der Waals surface area contributed by atoms with Crippen molar-refractivity contribution in [2.24, 2.45) is 0 Å². The van der Waals surface area contributed by atoms with Gasteiger partial charge in [-0.3, -0.25) is 9.69 Å².